The summed E-state index contributed by atoms with van der Waals surface area (Å²) in [5.41, 5.74) is 1.09. The highest BCUT2D eigenvalue weighted by atomic mass is 19.1. The van der Waals surface area contributed by atoms with Gasteiger partial charge in [0.25, 0.3) is 0 Å². The Labute approximate surface area is 204 Å². The van der Waals surface area contributed by atoms with Crippen molar-refractivity contribution in [1.82, 2.24) is 34.9 Å². The van der Waals surface area contributed by atoms with Crippen molar-refractivity contribution in [3.8, 4) is 0 Å². The number of aromatic amines is 1. The molecular weight excluding hydrogens is 453 g/mol. The van der Waals surface area contributed by atoms with Crippen LogP contribution in [0.2, 0.25) is 0 Å². The molecule has 35 heavy (non-hydrogen) atoms. The second-order valence-corrected chi connectivity index (χ2v) is 10.2. The Balaban J connectivity index is 1.37. The molecule has 0 bridgehead atoms. The van der Waals surface area contributed by atoms with Gasteiger partial charge in [-0.25, -0.2) is 14.2 Å². The lowest BCUT2D eigenvalue weighted by Gasteiger charge is -2.45. The summed E-state index contributed by atoms with van der Waals surface area (Å²) in [5, 5.41) is 10.5. The number of carbonyl (C=O) groups excluding carboxylic acids is 1. The van der Waals surface area contributed by atoms with Gasteiger partial charge in [0.1, 0.15) is 0 Å². The highest BCUT2D eigenvalue weighted by molar-refractivity contribution is 5.78. The maximum atomic E-state index is 14.6. The molecule has 3 aliphatic rings. The van der Waals surface area contributed by atoms with Gasteiger partial charge in [-0.2, -0.15) is 10.1 Å². The summed E-state index contributed by atoms with van der Waals surface area (Å²) in [7, 11) is 2.09. The average Bonchev–Trinajstić information content (AvgIpc) is 3.35. The highest BCUT2D eigenvalue weighted by Gasteiger charge is 2.46. The summed E-state index contributed by atoms with van der Waals surface area (Å²) in [4.78, 5) is 30.3. The topological polar surface area (TPSA) is 106 Å². The van der Waals surface area contributed by atoms with E-state index in [9.17, 15) is 9.18 Å². The van der Waals surface area contributed by atoms with Gasteiger partial charge in [0, 0.05) is 43.8 Å². The zero-order valence-electron chi connectivity index (χ0n) is 21.0. The second-order valence-electron chi connectivity index (χ2n) is 10.2. The van der Waals surface area contributed by atoms with Crippen LogP contribution in [0.25, 0.3) is 0 Å². The molecule has 12 heteroatoms. The van der Waals surface area contributed by atoms with E-state index in [2.05, 4.69) is 51.3 Å². The van der Waals surface area contributed by atoms with E-state index in [1.54, 1.807) is 0 Å². The lowest BCUT2D eigenvalue weighted by molar-refractivity contribution is 0.0457. The first-order chi connectivity index (χ1) is 16.7. The predicted octanol–water partition coefficient (Wildman–Crippen LogP) is 2.11. The average molecular weight is 488 g/mol. The zero-order chi connectivity index (χ0) is 24.9. The Bertz CT molecular complexity index is 1100. The molecule has 2 N–H and O–H groups in total. The maximum absolute atomic E-state index is 14.6. The minimum Gasteiger partial charge on any atom is -0.378 e. The van der Waals surface area contributed by atoms with Crippen LogP contribution in [-0.4, -0.2) is 99.4 Å². The molecule has 2 amide bonds. The number of likely N-dealkylation sites (N-methyl/N-ethyl adjacent to an activating group) is 1. The van der Waals surface area contributed by atoms with Gasteiger partial charge in [-0.1, -0.05) is 0 Å². The van der Waals surface area contributed by atoms with Crippen molar-refractivity contribution in [2.75, 3.05) is 56.7 Å². The van der Waals surface area contributed by atoms with E-state index in [-0.39, 0.29) is 17.9 Å². The number of morpholine rings is 1. The summed E-state index contributed by atoms with van der Waals surface area (Å²) in [6.07, 6.45) is 1.17. The van der Waals surface area contributed by atoms with Gasteiger partial charge in [-0.15, -0.1) is 0 Å². The molecule has 0 spiro atoms. The van der Waals surface area contributed by atoms with Crippen LogP contribution in [0.1, 0.15) is 39.0 Å². The Morgan fingerprint density at radius 2 is 1.94 bits per heavy atom. The van der Waals surface area contributed by atoms with Crippen molar-refractivity contribution >= 4 is 23.6 Å². The van der Waals surface area contributed by atoms with Crippen molar-refractivity contribution in [3.63, 3.8) is 0 Å². The molecule has 2 atom stereocenters. The summed E-state index contributed by atoms with van der Waals surface area (Å²) in [6, 6.07) is 0.405. The normalized spacial score (nSPS) is 24.6. The van der Waals surface area contributed by atoms with Crippen LogP contribution in [0.5, 0.6) is 0 Å². The Kier molecular flexibility index (Phi) is 6.04. The van der Waals surface area contributed by atoms with E-state index in [0.29, 0.717) is 57.2 Å². The van der Waals surface area contributed by atoms with Crippen LogP contribution in [-0.2, 0) is 16.8 Å². The fourth-order valence-corrected chi connectivity index (χ4v) is 5.12. The summed E-state index contributed by atoms with van der Waals surface area (Å²) in [6.45, 7) is 12.6. The lowest BCUT2D eigenvalue weighted by atomic mass is 10.0. The largest absolute Gasteiger partial charge is 0.378 e. The molecule has 5 heterocycles. The van der Waals surface area contributed by atoms with E-state index < -0.39 is 11.4 Å². The molecule has 2 aromatic rings. The first-order valence-corrected chi connectivity index (χ1v) is 12.1. The maximum Gasteiger partial charge on any atom is 0.321 e. The molecule has 0 aliphatic carbocycles. The number of H-pyrrole nitrogens is 1. The predicted molar refractivity (Wildman–Crippen MR) is 129 cm³/mol. The van der Waals surface area contributed by atoms with Crippen molar-refractivity contribution in [2.45, 2.75) is 51.9 Å². The van der Waals surface area contributed by atoms with Crippen LogP contribution >= 0.6 is 0 Å². The number of amides is 2. The number of halogens is 1. The SMILES string of the molecule is C[C@@H]1CN(C(=O)N2Cc3c(Nc4nc(N5CCOCC5)ncc4F)n[nH]c3C2(C)C)[C@@H](C)CN1C. The van der Waals surface area contributed by atoms with Gasteiger partial charge in [0.05, 0.1) is 37.2 Å². The van der Waals surface area contributed by atoms with E-state index in [0.717, 1.165) is 17.8 Å². The number of nitrogens with zero attached hydrogens (tertiary/aromatic N) is 7. The van der Waals surface area contributed by atoms with Crippen LogP contribution in [0.15, 0.2) is 6.20 Å². The van der Waals surface area contributed by atoms with E-state index in [1.165, 1.54) is 6.20 Å². The number of urea groups is 1. The quantitative estimate of drug-likeness (QED) is 0.678. The van der Waals surface area contributed by atoms with E-state index in [4.69, 9.17) is 4.74 Å². The molecule has 0 radical (unpaired) electrons. The summed E-state index contributed by atoms with van der Waals surface area (Å²) >= 11 is 0. The van der Waals surface area contributed by atoms with Crippen molar-refractivity contribution < 1.29 is 13.9 Å². The Morgan fingerprint density at radius 1 is 1.20 bits per heavy atom. The monoisotopic (exact) mass is 487 g/mol. The number of fused-ring (bicyclic) bond motifs is 1. The third-order valence-corrected chi connectivity index (χ3v) is 7.51. The van der Waals surface area contributed by atoms with Crippen molar-refractivity contribution in [2.24, 2.45) is 0 Å². The Morgan fingerprint density at radius 3 is 2.69 bits per heavy atom. The van der Waals surface area contributed by atoms with Crippen LogP contribution in [0.3, 0.4) is 0 Å². The van der Waals surface area contributed by atoms with E-state index in [1.807, 2.05) is 28.5 Å². The van der Waals surface area contributed by atoms with Crippen molar-refractivity contribution in [3.05, 3.63) is 23.3 Å². The minimum absolute atomic E-state index is 0.000760. The third-order valence-electron chi connectivity index (χ3n) is 7.51. The number of carbonyl (C=O) groups is 1. The number of hydrogen-bond donors (Lipinski definition) is 2. The zero-order valence-corrected chi connectivity index (χ0v) is 21.0. The molecule has 0 saturated carbocycles. The molecular formula is C23H34FN9O2. The number of piperazine rings is 1. The molecule has 0 unspecified atom stereocenters. The number of hydrogen-bond acceptors (Lipinski definition) is 8. The molecule has 3 aliphatic heterocycles. The van der Waals surface area contributed by atoms with Gasteiger partial charge in [0.15, 0.2) is 17.5 Å². The Hall–Kier alpha value is -2.99. The second kappa shape index (κ2) is 8.90. The summed E-state index contributed by atoms with van der Waals surface area (Å²) < 4.78 is 20.0. The molecule has 190 valence electrons. The number of rotatable bonds is 3. The molecule has 2 fully saturated rings. The molecule has 5 rings (SSSR count). The van der Waals surface area contributed by atoms with Gasteiger partial charge in [-0.3, -0.25) is 10.00 Å². The number of nitrogens with one attached hydrogen (secondary N) is 2. The van der Waals surface area contributed by atoms with Gasteiger partial charge >= 0.3 is 6.03 Å². The fraction of sp³-hybridized carbons (Fsp3) is 0.652. The highest BCUT2D eigenvalue weighted by Crippen LogP contribution is 2.42. The minimum atomic E-state index is -0.588. The first-order valence-electron chi connectivity index (χ1n) is 12.1. The van der Waals surface area contributed by atoms with Crippen molar-refractivity contribution in [1.29, 1.82) is 0 Å². The van der Waals surface area contributed by atoms with Gasteiger partial charge in [-0.05, 0) is 34.7 Å². The fourth-order valence-electron chi connectivity index (χ4n) is 5.12. The van der Waals surface area contributed by atoms with Gasteiger partial charge < -0.3 is 24.8 Å². The molecule has 2 aromatic heterocycles. The van der Waals surface area contributed by atoms with Gasteiger partial charge in [0.2, 0.25) is 5.95 Å². The standard InChI is InChI=1S/C23H34FN9O2/c1-14-12-32(15(2)11-30(14)5)22(34)33-13-16-18(23(33,3)4)28-29-19(16)26-20-17(24)10-25-21(27-20)31-6-8-35-9-7-31/h10,14-15H,6-9,11-13H2,1-5H3,(H2,25,26,27,28,29)/t14-,15+/m1/s1. The number of ether oxygens (including phenoxy) is 1. The number of aromatic nitrogens is 4. The lowest BCUT2D eigenvalue weighted by Crippen LogP contribution is -2.60. The van der Waals surface area contributed by atoms with Crippen LogP contribution in [0.4, 0.5) is 26.8 Å². The molecule has 0 aromatic carbocycles. The molecule has 11 nitrogen and oxygen atoms in total. The van der Waals surface area contributed by atoms with Crippen LogP contribution < -0.4 is 10.2 Å². The smallest absolute Gasteiger partial charge is 0.321 e. The third kappa shape index (κ3) is 4.18. The van der Waals surface area contributed by atoms with Crippen LogP contribution in [0, 0.1) is 5.82 Å². The molecule has 2 saturated heterocycles. The first kappa shape index (κ1) is 23.7. The van der Waals surface area contributed by atoms with E-state index >= 15 is 0 Å². The number of anilines is 3. The summed E-state index contributed by atoms with van der Waals surface area (Å²) in [5.74, 6) is 0.400.